The summed E-state index contributed by atoms with van der Waals surface area (Å²) in [6, 6.07) is 10.7. The molecule has 6 heteroatoms. The van der Waals surface area contributed by atoms with Gasteiger partial charge in [-0.2, -0.15) is 0 Å². The molecule has 0 bridgehead atoms. The van der Waals surface area contributed by atoms with E-state index in [-0.39, 0.29) is 0 Å². The zero-order chi connectivity index (χ0) is 17.3. The number of benzene rings is 1. The molecule has 1 atom stereocenters. The highest BCUT2D eigenvalue weighted by molar-refractivity contribution is 5.81. The summed E-state index contributed by atoms with van der Waals surface area (Å²) in [5.74, 6) is 2.76. The van der Waals surface area contributed by atoms with Crippen molar-refractivity contribution < 1.29 is 0 Å². The highest BCUT2D eigenvalue weighted by atomic mass is 15.3. The normalized spacial score (nSPS) is 21.0. The number of pyridine rings is 1. The minimum atomic E-state index is 0.483. The van der Waals surface area contributed by atoms with Crippen molar-refractivity contribution in [2.45, 2.75) is 38.4 Å². The fourth-order valence-electron chi connectivity index (χ4n) is 4.37. The van der Waals surface area contributed by atoms with E-state index in [0.717, 1.165) is 50.6 Å². The highest BCUT2D eigenvalue weighted by Gasteiger charge is 2.27. The lowest BCUT2D eigenvalue weighted by Crippen LogP contribution is -2.36. The number of nitrogens with zero attached hydrogens (tertiary/aromatic N) is 5. The van der Waals surface area contributed by atoms with E-state index in [1.807, 2.05) is 12.3 Å². The molecule has 0 radical (unpaired) electrons. The lowest BCUT2D eigenvalue weighted by Gasteiger charge is -2.33. The zero-order valence-electron chi connectivity index (χ0n) is 14.9. The van der Waals surface area contributed by atoms with Crippen molar-refractivity contribution in [3.63, 3.8) is 0 Å². The van der Waals surface area contributed by atoms with Crippen LogP contribution < -0.4 is 5.32 Å². The number of hydrogen-bond donors (Lipinski definition) is 1. The van der Waals surface area contributed by atoms with Crippen molar-refractivity contribution in [1.82, 2.24) is 30.0 Å². The lowest BCUT2D eigenvalue weighted by atomic mass is 9.96. The molecule has 4 heterocycles. The Labute approximate surface area is 153 Å². The Morgan fingerprint density at radius 3 is 3.12 bits per heavy atom. The molecule has 26 heavy (non-hydrogen) atoms. The molecule has 0 amide bonds. The van der Waals surface area contributed by atoms with E-state index in [1.54, 1.807) is 0 Å². The van der Waals surface area contributed by atoms with Crippen LogP contribution in [0.4, 0.5) is 0 Å². The molecule has 2 aromatic heterocycles. The molecular formula is C20H24N6. The van der Waals surface area contributed by atoms with E-state index in [9.17, 15) is 0 Å². The van der Waals surface area contributed by atoms with Gasteiger partial charge in [-0.1, -0.05) is 18.2 Å². The van der Waals surface area contributed by atoms with Gasteiger partial charge in [0.05, 0.1) is 12.1 Å². The van der Waals surface area contributed by atoms with Gasteiger partial charge in [-0.15, -0.1) is 10.2 Å². The fourth-order valence-corrected chi connectivity index (χ4v) is 4.37. The van der Waals surface area contributed by atoms with Gasteiger partial charge in [0.25, 0.3) is 0 Å². The second-order valence-electron chi connectivity index (χ2n) is 7.36. The number of piperidine rings is 1. The molecule has 0 saturated carbocycles. The minimum absolute atomic E-state index is 0.483. The number of aromatic nitrogens is 4. The van der Waals surface area contributed by atoms with Gasteiger partial charge in [-0.3, -0.25) is 9.88 Å². The second-order valence-corrected chi connectivity index (χ2v) is 7.36. The molecule has 5 rings (SSSR count). The van der Waals surface area contributed by atoms with Gasteiger partial charge in [-0.25, -0.2) is 0 Å². The molecule has 3 aromatic rings. The molecule has 134 valence electrons. The van der Waals surface area contributed by atoms with Crippen LogP contribution in [-0.4, -0.2) is 44.3 Å². The van der Waals surface area contributed by atoms with E-state index >= 15 is 0 Å². The van der Waals surface area contributed by atoms with Crippen LogP contribution in [0.15, 0.2) is 36.5 Å². The molecule has 0 aliphatic carbocycles. The van der Waals surface area contributed by atoms with Gasteiger partial charge in [0, 0.05) is 43.7 Å². The summed E-state index contributed by atoms with van der Waals surface area (Å²) in [4.78, 5) is 7.06. The van der Waals surface area contributed by atoms with Gasteiger partial charge in [0.15, 0.2) is 0 Å². The van der Waals surface area contributed by atoms with Gasteiger partial charge in [0.1, 0.15) is 11.6 Å². The SMILES string of the molecule is c1cc(CN2CCCC(c3nnc4n3CCNC4)C2)c2cccnc2c1. The van der Waals surface area contributed by atoms with Crippen LogP contribution in [0.1, 0.15) is 36.0 Å². The first-order valence-electron chi connectivity index (χ1n) is 9.56. The summed E-state index contributed by atoms with van der Waals surface area (Å²) in [6.45, 7) is 6.02. The molecule has 1 aromatic carbocycles. The van der Waals surface area contributed by atoms with Crippen molar-refractivity contribution in [2.24, 2.45) is 0 Å². The Hall–Kier alpha value is -2.31. The van der Waals surface area contributed by atoms with Gasteiger partial charge >= 0.3 is 0 Å². The Balaban J connectivity index is 1.37. The van der Waals surface area contributed by atoms with Crippen molar-refractivity contribution in [1.29, 1.82) is 0 Å². The quantitative estimate of drug-likeness (QED) is 0.787. The van der Waals surface area contributed by atoms with Crippen molar-refractivity contribution >= 4 is 10.9 Å². The third-order valence-electron chi connectivity index (χ3n) is 5.65. The van der Waals surface area contributed by atoms with Crippen LogP contribution in [0.5, 0.6) is 0 Å². The number of hydrogen-bond acceptors (Lipinski definition) is 5. The third kappa shape index (κ3) is 2.89. The summed E-state index contributed by atoms with van der Waals surface area (Å²) < 4.78 is 2.34. The first-order valence-corrected chi connectivity index (χ1v) is 9.56. The second kappa shape index (κ2) is 6.78. The van der Waals surface area contributed by atoms with Crippen LogP contribution in [-0.2, 0) is 19.6 Å². The molecule has 0 spiro atoms. The van der Waals surface area contributed by atoms with Gasteiger partial charge < -0.3 is 9.88 Å². The molecule has 6 nitrogen and oxygen atoms in total. The lowest BCUT2D eigenvalue weighted by molar-refractivity contribution is 0.194. The molecule has 1 unspecified atom stereocenters. The summed E-state index contributed by atoms with van der Waals surface area (Å²) >= 11 is 0. The van der Waals surface area contributed by atoms with Crippen molar-refractivity contribution in [2.75, 3.05) is 19.6 Å². The van der Waals surface area contributed by atoms with E-state index in [0.29, 0.717) is 5.92 Å². The average molecular weight is 348 g/mol. The molecule has 2 aliphatic heterocycles. The van der Waals surface area contributed by atoms with E-state index in [1.165, 1.54) is 29.6 Å². The number of fused-ring (bicyclic) bond motifs is 2. The van der Waals surface area contributed by atoms with Crippen LogP contribution in [0.3, 0.4) is 0 Å². The van der Waals surface area contributed by atoms with Gasteiger partial charge in [0.2, 0.25) is 0 Å². The van der Waals surface area contributed by atoms with Crippen LogP contribution in [0, 0.1) is 0 Å². The Morgan fingerprint density at radius 1 is 1.12 bits per heavy atom. The first-order chi connectivity index (χ1) is 12.9. The van der Waals surface area contributed by atoms with Gasteiger partial charge in [-0.05, 0) is 37.1 Å². The van der Waals surface area contributed by atoms with Crippen LogP contribution in [0.25, 0.3) is 10.9 Å². The Bertz CT molecular complexity index is 912. The average Bonchev–Trinajstić information content (AvgIpc) is 3.13. The summed E-state index contributed by atoms with van der Waals surface area (Å²) in [5, 5.41) is 13.6. The summed E-state index contributed by atoms with van der Waals surface area (Å²) in [6.07, 6.45) is 4.29. The maximum absolute atomic E-state index is 4.55. The summed E-state index contributed by atoms with van der Waals surface area (Å²) in [5.41, 5.74) is 2.45. The molecule has 1 N–H and O–H groups in total. The smallest absolute Gasteiger partial charge is 0.147 e. The van der Waals surface area contributed by atoms with Crippen molar-refractivity contribution in [3.05, 3.63) is 53.7 Å². The fraction of sp³-hybridized carbons (Fsp3) is 0.450. The maximum atomic E-state index is 4.55. The maximum Gasteiger partial charge on any atom is 0.147 e. The Kier molecular flexibility index (Phi) is 4.15. The van der Waals surface area contributed by atoms with E-state index in [2.05, 4.69) is 54.2 Å². The zero-order valence-corrected chi connectivity index (χ0v) is 14.9. The number of rotatable bonds is 3. The molecule has 1 saturated heterocycles. The van der Waals surface area contributed by atoms with Crippen molar-refractivity contribution in [3.8, 4) is 0 Å². The molecule has 2 aliphatic rings. The Morgan fingerprint density at radius 2 is 2.12 bits per heavy atom. The largest absolute Gasteiger partial charge is 0.312 e. The topological polar surface area (TPSA) is 58.9 Å². The van der Waals surface area contributed by atoms with Crippen LogP contribution in [0.2, 0.25) is 0 Å². The predicted molar refractivity (Wildman–Crippen MR) is 101 cm³/mol. The highest BCUT2D eigenvalue weighted by Crippen LogP contribution is 2.28. The number of likely N-dealkylation sites (tertiary alicyclic amines) is 1. The van der Waals surface area contributed by atoms with E-state index in [4.69, 9.17) is 0 Å². The third-order valence-corrected chi connectivity index (χ3v) is 5.65. The molecule has 1 fully saturated rings. The molecular weight excluding hydrogens is 324 g/mol. The predicted octanol–water partition coefficient (Wildman–Crippen LogP) is 2.31. The van der Waals surface area contributed by atoms with E-state index < -0.39 is 0 Å². The number of nitrogens with one attached hydrogen (secondary N) is 1. The minimum Gasteiger partial charge on any atom is -0.312 e. The van der Waals surface area contributed by atoms with Crippen LogP contribution >= 0.6 is 0 Å². The monoisotopic (exact) mass is 348 g/mol. The standard InChI is InChI=1S/C20H24N6/c1-4-15(17-6-2-8-22-18(17)7-1)13-25-10-3-5-16(14-25)20-24-23-19-12-21-9-11-26(19)20/h1-2,4,6-8,16,21H,3,5,9-14H2. The first kappa shape index (κ1) is 15.9. The summed E-state index contributed by atoms with van der Waals surface area (Å²) in [7, 11) is 0.